The van der Waals surface area contributed by atoms with Crippen LogP contribution in [0.5, 0.6) is 0 Å². The summed E-state index contributed by atoms with van der Waals surface area (Å²) >= 11 is 0. The number of aliphatic carboxylic acids is 1. The van der Waals surface area contributed by atoms with Crippen LogP contribution in [0.3, 0.4) is 0 Å². The maximum absolute atomic E-state index is 10.8. The summed E-state index contributed by atoms with van der Waals surface area (Å²) in [6.45, 7) is 0.859. The SMILES string of the molecule is CNc1cc(N2CCCC2CC(=O)O)ncn1. The van der Waals surface area contributed by atoms with Crippen molar-refractivity contribution in [3.05, 3.63) is 12.4 Å². The van der Waals surface area contributed by atoms with Gasteiger partial charge in [0.1, 0.15) is 18.0 Å². The van der Waals surface area contributed by atoms with Crippen molar-refractivity contribution in [3.63, 3.8) is 0 Å². The van der Waals surface area contributed by atoms with Gasteiger partial charge in [-0.25, -0.2) is 9.97 Å². The second kappa shape index (κ2) is 4.99. The molecule has 0 aromatic carbocycles. The van der Waals surface area contributed by atoms with Gasteiger partial charge in [-0.2, -0.15) is 0 Å². The molecule has 1 aliphatic heterocycles. The van der Waals surface area contributed by atoms with E-state index in [1.165, 1.54) is 6.33 Å². The number of carboxylic acid groups (broad SMARTS) is 1. The molecule has 2 N–H and O–H groups in total. The van der Waals surface area contributed by atoms with Gasteiger partial charge in [0.25, 0.3) is 0 Å². The second-order valence-corrected chi connectivity index (χ2v) is 4.10. The molecule has 0 bridgehead atoms. The van der Waals surface area contributed by atoms with Crippen LogP contribution >= 0.6 is 0 Å². The topological polar surface area (TPSA) is 78.4 Å². The van der Waals surface area contributed by atoms with E-state index >= 15 is 0 Å². The van der Waals surface area contributed by atoms with Crippen LogP contribution in [0.1, 0.15) is 19.3 Å². The highest BCUT2D eigenvalue weighted by Gasteiger charge is 2.27. The number of carbonyl (C=O) groups is 1. The minimum atomic E-state index is -0.759. The van der Waals surface area contributed by atoms with Crippen molar-refractivity contribution in [3.8, 4) is 0 Å². The monoisotopic (exact) mass is 236 g/mol. The molecule has 1 saturated heterocycles. The Morgan fingerprint density at radius 1 is 1.65 bits per heavy atom. The van der Waals surface area contributed by atoms with Crippen molar-refractivity contribution in [1.29, 1.82) is 0 Å². The summed E-state index contributed by atoms with van der Waals surface area (Å²) in [5.41, 5.74) is 0. The largest absolute Gasteiger partial charge is 0.481 e. The van der Waals surface area contributed by atoms with E-state index in [1.54, 1.807) is 7.05 Å². The molecule has 2 heterocycles. The molecular weight excluding hydrogens is 220 g/mol. The number of nitrogens with zero attached hydrogens (tertiary/aromatic N) is 3. The van der Waals surface area contributed by atoms with Gasteiger partial charge in [0, 0.05) is 25.7 Å². The van der Waals surface area contributed by atoms with Crippen LogP contribution in [0.2, 0.25) is 0 Å². The van der Waals surface area contributed by atoms with Crippen molar-refractivity contribution in [2.45, 2.75) is 25.3 Å². The number of rotatable bonds is 4. The van der Waals surface area contributed by atoms with Crippen molar-refractivity contribution < 1.29 is 9.90 Å². The Hall–Kier alpha value is -1.85. The van der Waals surface area contributed by atoms with Crippen LogP contribution in [-0.2, 0) is 4.79 Å². The predicted octanol–water partition coefficient (Wildman–Crippen LogP) is 0.962. The second-order valence-electron chi connectivity index (χ2n) is 4.10. The fourth-order valence-electron chi connectivity index (χ4n) is 2.19. The Balaban J connectivity index is 2.16. The maximum atomic E-state index is 10.8. The number of hydrogen-bond acceptors (Lipinski definition) is 5. The van der Waals surface area contributed by atoms with E-state index in [0.717, 1.165) is 31.0 Å². The van der Waals surface area contributed by atoms with Gasteiger partial charge in [0.2, 0.25) is 0 Å². The van der Waals surface area contributed by atoms with Crippen molar-refractivity contribution in [2.24, 2.45) is 0 Å². The first kappa shape index (κ1) is 11.6. The fraction of sp³-hybridized carbons (Fsp3) is 0.545. The Morgan fingerprint density at radius 2 is 2.47 bits per heavy atom. The first-order valence-corrected chi connectivity index (χ1v) is 5.69. The molecule has 1 atom stereocenters. The van der Waals surface area contributed by atoms with Crippen LogP contribution in [0.4, 0.5) is 11.6 Å². The third kappa shape index (κ3) is 2.64. The first-order chi connectivity index (χ1) is 8.20. The third-order valence-corrected chi connectivity index (χ3v) is 2.99. The lowest BCUT2D eigenvalue weighted by Gasteiger charge is -2.24. The Kier molecular flexibility index (Phi) is 3.41. The highest BCUT2D eigenvalue weighted by molar-refractivity contribution is 5.68. The van der Waals surface area contributed by atoms with Gasteiger partial charge in [-0.3, -0.25) is 4.79 Å². The summed E-state index contributed by atoms with van der Waals surface area (Å²) < 4.78 is 0. The van der Waals surface area contributed by atoms with Crippen LogP contribution in [0.15, 0.2) is 12.4 Å². The van der Waals surface area contributed by atoms with Gasteiger partial charge >= 0.3 is 5.97 Å². The molecule has 1 aromatic rings. The van der Waals surface area contributed by atoms with Crippen LogP contribution in [0, 0.1) is 0 Å². The number of nitrogens with one attached hydrogen (secondary N) is 1. The molecule has 0 saturated carbocycles. The molecule has 0 radical (unpaired) electrons. The fourth-order valence-corrected chi connectivity index (χ4v) is 2.19. The molecule has 1 aromatic heterocycles. The van der Waals surface area contributed by atoms with Crippen LogP contribution in [0.25, 0.3) is 0 Å². The molecular formula is C11H16N4O2. The molecule has 1 aliphatic rings. The normalized spacial score (nSPS) is 19.4. The molecule has 1 unspecified atom stereocenters. The molecule has 1 fully saturated rings. The average Bonchev–Trinajstić information content (AvgIpc) is 2.76. The first-order valence-electron chi connectivity index (χ1n) is 5.69. The lowest BCUT2D eigenvalue weighted by Crippen LogP contribution is -2.31. The lowest BCUT2D eigenvalue weighted by molar-refractivity contribution is -0.137. The number of hydrogen-bond donors (Lipinski definition) is 2. The van der Waals surface area contributed by atoms with Crippen molar-refractivity contribution in [1.82, 2.24) is 9.97 Å². The summed E-state index contributed by atoms with van der Waals surface area (Å²) in [4.78, 5) is 21.1. The van der Waals surface area contributed by atoms with E-state index in [0.29, 0.717) is 0 Å². The standard InChI is InChI=1S/C11H16N4O2/c1-12-9-6-10(14-7-13-9)15-4-2-3-8(15)5-11(16)17/h6-8H,2-5H2,1H3,(H,16,17)(H,12,13,14). The van der Waals surface area contributed by atoms with Gasteiger partial charge in [0.05, 0.1) is 6.42 Å². The lowest BCUT2D eigenvalue weighted by atomic mass is 10.1. The molecule has 0 amide bonds. The average molecular weight is 236 g/mol. The third-order valence-electron chi connectivity index (χ3n) is 2.99. The van der Waals surface area contributed by atoms with E-state index < -0.39 is 5.97 Å². The van der Waals surface area contributed by atoms with E-state index in [9.17, 15) is 4.79 Å². The molecule has 2 rings (SSSR count). The van der Waals surface area contributed by atoms with Crippen molar-refractivity contribution in [2.75, 3.05) is 23.8 Å². The summed E-state index contributed by atoms with van der Waals surface area (Å²) in [5, 5.41) is 11.8. The van der Waals surface area contributed by atoms with E-state index in [1.807, 2.05) is 6.07 Å². The predicted molar refractivity (Wildman–Crippen MR) is 64.2 cm³/mol. The summed E-state index contributed by atoms with van der Waals surface area (Å²) in [6, 6.07) is 1.90. The van der Waals surface area contributed by atoms with E-state index in [-0.39, 0.29) is 12.5 Å². The zero-order chi connectivity index (χ0) is 12.3. The van der Waals surface area contributed by atoms with Crippen LogP contribution < -0.4 is 10.2 Å². The zero-order valence-electron chi connectivity index (χ0n) is 9.76. The number of carboxylic acids is 1. The smallest absolute Gasteiger partial charge is 0.305 e. The Labute approximate surface area is 99.7 Å². The van der Waals surface area contributed by atoms with Gasteiger partial charge in [-0.15, -0.1) is 0 Å². The minimum absolute atomic E-state index is 0.0482. The highest BCUT2D eigenvalue weighted by Crippen LogP contribution is 2.26. The van der Waals surface area contributed by atoms with Crippen LogP contribution in [-0.4, -0.2) is 40.7 Å². The number of anilines is 2. The van der Waals surface area contributed by atoms with Gasteiger partial charge in [0.15, 0.2) is 0 Å². The summed E-state index contributed by atoms with van der Waals surface area (Å²) in [7, 11) is 1.80. The zero-order valence-corrected chi connectivity index (χ0v) is 9.76. The quantitative estimate of drug-likeness (QED) is 0.810. The molecule has 92 valence electrons. The molecule has 17 heavy (non-hydrogen) atoms. The van der Waals surface area contributed by atoms with Gasteiger partial charge < -0.3 is 15.3 Å². The van der Waals surface area contributed by atoms with E-state index in [2.05, 4.69) is 20.2 Å². The maximum Gasteiger partial charge on any atom is 0.305 e. The Bertz CT molecular complexity index is 410. The van der Waals surface area contributed by atoms with E-state index in [4.69, 9.17) is 5.11 Å². The number of aromatic nitrogens is 2. The minimum Gasteiger partial charge on any atom is -0.481 e. The summed E-state index contributed by atoms with van der Waals surface area (Å²) in [6.07, 6.45) is 3.58. The highest BCUT2D eigenvalue weighted by atomic mass is 16.4. The molecule has 0 spiro atoms. The summed E-state index contributed by atoms with van der Waals surface area (Å²) in [5.74, 6) is 0.786. The van der Waals surface area contributed by atoms with Crippen molar-refractivity contribution >= 4 is 17.6 Å². The Morgan fingerprint density at radius 3 is 3.18 bits per heavy atom. The van der Waals surface area contributed by atoms with Gasteiger partial charge in [-0.05, 0) is 12.8 Å². The molecule has 0 aliphatic carbocycles. The van der Waals surface area contributed by atoms with Gasteiger partial charge in [-0.1, -0.05) is 0 Å². The molecule has 6 nitrogen and oxygen atoms in total. The molecule has 6 heteroatoms.